The van der Waals surface area contributed by atoms with Crippen LogP contribution < -0.4 is 0 Å². The first-order valence-corrected chi connectivity index (χ1v) is 6.48. The molecule has 92 valence electrons. The van der Waals surface area contributed by atoms with Crippen LogP contribution in [0.2, 0.25) is 0 Å². The third-order valence-electron chi connectivity index (χ3n) is 3.55. The largest absolute Gasteiger partial charge is 0.298 e. The molecule has 17 heavy (non-hydrogen) atoms. The molecule has 2 nitrogen and oxygen atoms in total. The van der Waals surface area contributed by atoms with Crippen LogP contribution in [0.4, 0.5) is 0 Å². The van der Waals surface area contributed by atoms with E-state index in [2.05, 4.69) is 24.0 Å². The Kier molecular flexibility index (Phi) is 3.95. The summed E-state index contributed by atoms with van der Waals surface area (Å²) in [6.45, 7) is 6.06. The average Bonchev–Trinajstić information content (AvgIpc) is 2.30. The van der Waals surface area contributed by atoms with E-state index in [4.69, 9.17) is 0 Å². The molecule has 2 rings (SSSR count). The minimum absolute atomic E-state index is 0.0426. The maximum absolute atomic E-state index is 11.9. The van der Waals surface area contributed by atoms with E-state index in [0.717, 1.165) is 18.7 Å². The molecule has 1 heterocycles. The van der Waals surface area contributed by atoms with Crippen molar-refractivity contribution in [3.63, 3.8) is 0 Å². The maximum Gasteiger partial charge on any atom is 0.151 e. The van der Waals surface area contributed by atoms with Crippen LogP contribution in [0.1, 0.15) is 38.3 Å². The van der Waals surface area contributed by atoms with Gasteiger partial charge >= 0.3 is 0 Å². The lowest BCUT2D eigenvalue weighted by molar-refractivity contribution is -0.123. The first kappa shape index (κ1) is 12.3. The van der Waals surface area contributed by atoms with Gasteiger partial charge in [0, 0.05) is 6.54 Å². The second-order valence-electron chi connectivity index (χ2n) is 5.17. The lowest BCUT2D eigenvalue weighted by atomic mass is 9.94. The summed E-state index contributed by atoms with van der Waals surface area (Å²) in [7, 11) is 0. The molecule has 1 fully saturated rings. The van der Waals surface area contributed by atoms with Gasteiger partial charge in [0.2, 0.25) is 0 Å². The van der Waals surface area contributed by atoms with E-state index in [9.17, 15) is 4.79 Å². The van der Waals surface area contributed by atoms with Gasteiger partial charge in [-0.25, -0.2) is 0 Å². The zero-order chi connectivity index (χ0) is 12.3. The van der Waals surface area contributed by atoms with Crippen LogP contribution in [-0.4, -0.2) is 23.8 Å². The van der Waals surface area contributed by atoms with Crippen molar-refractivity contribution in [1.29, 1.82) is 0 Å². The molecular weight excluding hydrogens is 210 g/mol. The van der Waals surface area contributed by atoms with Crippen LogP contribution in [0, 0.1) is 5.92 Å². The van der Waals surface area contributed by atoms with E-state index < -0.39 is 0 Å². The highest BCUT2D eigenvalue weighted by Gasteiger charge is 2.27. The summed E-state index contributed by atoms with van der Waals surface area (Å²) in [6, 6.07) is 10.1. The smallest absolute Gasteiger partial charge is 0.151 e. The van der Waals surface area contributed by atoms with E-state index >= 15 is 0 Å². The molecule has 1 aliphatic rings. The van der Waals surface area contributed by atoms with E-state index in [1.54, 1.807) is 6.92 Å². The number of likely N-dealkylation sites (tertiary alicyclic amines) is 1. The summed E-state index contributed by atoms with van der Waals surface area (Å²) in [6.07, 6.45) is 2.49. The van der Waals surface area contributed by atoms with Gasteiger partial charge in [0.1, 0.15) is 0 Å². The Balaban J connectivity index is 2.20. The Morgan fingerprint density at radius 2 is 2.06 bits per heavy atom. The minimum atomic E-state index is -0.0426. The number of ketones is 1. The van der Waals surface area contributed by atoms with Gasteiger partial charge in [0.25, 0.3) is 0 Å². The van der Waals surface area contributed by atoms with Crippen molar-refractivity contribution in [2.45, 2.75) is 32.7 Å². The number of rotatable bonds is 3. The molecule has 2 heteroatoms. The lowest BCUT2D eigenvalue weighted by Crippen LogP contribution is -2.40. The highest BCUT2D eigenvalue weighted by Crippen LogP contribution is 2.27. The Hall–Kier alpha value is -1.15. The SMILES string of the molecule is CC(=O)[C@@H](c1ccccc1)N1CCC[C@H](C)C1. The van der Waals surface area contributed by atoms with Crippen molar-refractivity contribution in [3.8, 4) is 0 Å². The van der Waals surface area contributed by atoms with Gasteiger partial charge < -0.3 is 0 Å². The summed E-state index contributed by atoms with van der Waals surface area (Å²) in [5.41, 5.74) is 1.13. The predicted octanol–water partition coefficient (Wildman–Crippen LogP) is 3.05. The minimum Gasteiger partial charge on any atom is -0.298 e. The second-order valence-corrected chi connectivity index (χ2v) is 5.17. The van der Waals surface area contributed by atoms with Crippen molar-refractivity contribution >= 4 is 5.78 Å². The van der Waals surface area contributed by atoms with Gasteiger partial charge in [0.05, 0.1) is 6.04 Å². The molecule has 0 spiro atoms. The number of carbonyl (C=O) groups is 1. The van der Waals surface area contributed by atoms with Gasteiger partial charge in [0.15, 0.2) is 5.78 Å². The molecule has 1 aromatic rings. The van der Waals surface area contributed by atoms with Crippen molar-refractivity contribution in [2.75, 3.05) is 13.1 Å². The Bertz CT molecular complexity index is 374. The lowest BCUT2D eigenvalue weighted by Gasteiger charge is -2.36. The Labute approximate surface area is 104 Å². The highest BCUT2D eigenvalue weighted by molar-refractivity contribution is 5.82. The molecule has 1 saturated heterocycles. The average molecular weight is 231 g/mol. The summed E-state index contributed by atoms with van der Waals surface area (Å²) >= 11 is 0. The predicted molar refractivity (Wildman–Crippen MR) is 69.8 cm³/mol. The number of Topliss-reactive ketones (excluding diaryl/α,β-unsaturated/α-hetero) is 1. The van der Waals surface area contributed by atoms with Crippen LogP contribution in [0.25, 0.3) is 0 Å². The molecule has 0 saturated carbocycles. The second kappa shape index (κ2) is 5.46. The molecule has 2 atom stereocenters. The summed E-state index contributed by atoms with van der Waals surface area (Å²) in [4.78, 5) is 14.2. The molecule has 0 radical (unpaired) electrons. The van der Waals surface area contributed by atoms with E-state index in [1.165, 1.54) is 12.8 Å². The molecule has 0 amide bonds. The van der Waals surface area contributed by atoms with Gasteiger partial charge in [-0.05, 0) is 37.8 Å². The first-order chi connectivity index (χ1) is 8.18. The van der Waals surface area contributed by atoms with Crippen LogP contribution in [0.3, 0.4) is 0 Å². The summed E-state index contributed by atoms with van der Waals surface area (Å²) in [5, 5.41) is 0. The van der Waals surface area contributed by atoms with Gasteiger partial charge in [-0.2, -0.15) is 0 Å². The number of nitrogens with zero attached hydrogens (tertiary/aromatic N) is 1. The topological polar surface area (TPSA) is 20.3 Å². The number of benzene rings is 1. The first-order valence-electron chi connectivity index (χ1n) is 6.48. The zero-order valence-electron chi connectivity index (χ0n) is 10.7. The number of hydrogen-bond acceptors (Lipinski definition) is 2. The Morgan fingerprint density at radius 3 is 2.65 bits per heavy atom. The standard InChI is InChI=1S/C15H21NO/c1-12-7-6-10-16(11-12)15(13(2)17)14-8-4-3-5-9-14/h3-5,8-9,12,15H,6-7,10-11H2,1-2H3/t12-,15-/m0/s1. The monoisotopic (exact) mass is 231 g/mol. The van der Waals surface area contributed by atoms with Crippen molar-refractivity contribution in [1.82, 2.24) is 4.90 Å². The normalized spacial score (nSPS) is 23.3. The molecule has 0 unspecified atom stereocenters. The van der Waals surface area contributed by atoms with E-state index in [1.807, 2.05) is 18.2 Å². The highest BCUT2D eigenvalue weighted by atomic mass is 16.1. The summed E-state index contributed by atoms with van der Waals surface area (Å²) < 4.78 is 0. The zero-order valence-corrected chi connectivity index (χ0v) is 10.7. The molecule has 0 N–H and O–H groups in total. The molecular formula is C15H21NO. The molecule has 0 aliphatic carbocycles. The van der Waals surface area contributed by atoms with Gasteiger partial charge in [-0.3, -0.25) is 9.69 Å². The van der Waals surface area contributed by atoms with Gasteiger partial charge in [-0.1, -0.05) is 37.3 Å². The molecule has 0 bridgehead atoms. The number of piperidine rings is 1. The van der Waals surface area contributed by atoms with Crippen molar-refractivity contribution < 1.29 is 4.79 Å². The van der Waals surface area contributed by atoms with Crippen molar-refractivity contribution in [3.05, 3.63) is 35.9 Å². The number of carbonyl (C=O) groups excluding carboxylic acids is 1. The fraction of sp³-hybridized carbons (Fsp3) is 0.533. The third-order valence-corrected chi connectivity index (χ3v) is 3.55. The third kappa shape index (κ3) is 2.95. The summed E-state index contributed by atoms with van der Waals surface area (Å²) in [5.74, 6) is 0.958. The van der Waals surface area contributed by atoms with Crippen LogP contribution in [0.5, 0.6) is 0 Å². The Morgan fingerprint density at radius 1 is 1.35 bits per heavy atom. The maximum atomic E-state index is 11.9. The molecule has 1 aromatic carbocycles. The quantitative estimate of drug-likeness (QED) is 0.797. The van der Waals surface area contributed by atoms with Crippen molar-refractivity contribution in [2.24, 2.45) is 5.92 Å². The van der Waals surface area contributed by atoms with Crippen LogP contribution in [-0.2, 0) is 4.79 Å². The van der Waals surface area contributed by atoms with E-state index in [-0.39, 0.29) is 11.8 Å². The molecule has 0 aromatic heterocycles. The van der Waals surface area contributed by atoms with Gasteiger partial charge in [-0.15, -0.1) is 0 Å². The van der Waals surface area contributed by atoms with Crippen LogP contribution in [0.15, 0.2) is 30.3 Å². The van der Waals surface area contributed by atoms with E-state index in [0.29, 0.717) is 5.92 Å². The molecule has 1 aliphatic heterocycles. The number of hydrogen-bond donors (Lipinski definition) is 0. The fourth-order valence-corrected chi connectivity index (χ4v) is 2.80. The fourth-order valence-electron chi connectivity index (χ4n) is 2.80. The van der Waals surface area contributed by atoms with Crippen LogP contribution >= 0.6 is 0 Å².